The van der Waals surface area contributed by atoms with Crippen LogP contribution in [0.3, 0.4) is 0 Å². The molecule has 0 aliphatic heterocycles. The molecule has 0 aliphatic carbocycles. The highest BCUT2D eigenvalue weighted by atomic mass is 19.3. The summed E-state index contributed by atoms with van der Waals surface area (Å²) >= 11 is 0. The van der Waals surface area contributed by atoms with Gasteiger partial charge in [-0.3, -0.25) is 0 Å². The fourth-order valence-corrected chi connectivity index (χ4v) is 1.02. The molecule has 0 N–H and O–H groups in total. The molecule has 0 aromatic carbocycles. The summed E-state index contributed by atoms with van der Waals surface area (Å²) in [7, 11) is 0. The lowest BCUT2D eigenvalue weighted by Crippen LogP contribution is -2.55. The van der Waals surface area contributed by atoms with Gasteiger partial charge in [-0.05, 0) is 12.8 Å². The van der Waals surface area contributed by atoms with Crippen molar-refractivity contribution in [3.05, 3.63) is 12.7 Å². The van der Waals surface area contributed by atoms with Gasteiger partial charge in [-0.1, -0.05) is 13.0 Å². The van der Waals surface area contributed by atoms with Crippen LogP contribution in [-0.4, -0.2) is 24.1 Å². The first-order chi connectivity index (χ1) is 7.49. The van der Waals surface area contributed by atoms with E-state index in [-0.39, 0.29) is 19.8 Å². The molecule has 1 atom stereocenters. The first-order valence-corrected chi connectivity index (χ1v) is 4.91. The molecule has 0 aromatic rings. The molecule has 0 saturated heterocycles. The van der Waals surface area contributed by atoms with Gasteiger partial charge in [0.15, 0.2) is 0 Å². The molecule has 0 rings (SSSR count). The molecular weight excluding hydrogens is 250 g/mol. The van der Waals surface area contributed by atoms with E-state index in [1.165, 1.54) is 13.0 Å². The van der Waals surface area contributed by atoms with Crippen molar-refractivity contribution in [2.45, 2.75) is 50.7 Å². The van der Waals surface area contributed by atoms with E-state index in [1.54, 1.807) is 0 Å². The molecule has 1 unspecified atom stereocenters. The lowest BCUT2D eigenvalue weighted by atomic mass is 10.1. The van der Waals surface area contributed by atoms with Crippen LogP contribution >= 0.6 is 0 Å². The van der Waals surface area contributed by atoms with Crippen LogP contribution in [0.4, 0.5) is 26.3 Å². The standard InChI is InChI=1S/C10H14F6O/c1-4-6-7(5-2)17-10(15,16)9(13,14)8(3,11)12/h4,7H,1,5-6H2,2-3H3. The SMILES string of the molecule is C=CCC(CC)OC(F)(F)C(F)(F)C(C)(F)F. The van der Waals surface area contributed by atoms with Crippen LogP contribution in [0.15, 0.2) is 12.7 Å². The number of hydrogen-bond acceptors (Lipinski definition) is 1. The highest BCUT2D eigenvalue weighted by Gasteiger charge is 2.71. The van der Waals surface area contributed by atoms with Crippen LogP contribution in [0.1, 0.15) is 26.7 Å². The topological polar surface area (TPSA) is 9.23 Å². The molecule has 0 fully saturated rings. The van der Waals surface area contributed by atoms with Gasteiger partial charge in [-0.25, -0.2) is 0 Å². The minimum Gasteiger partial charge on any atom is -0.312 e. The molecule has 1 nitrogen and oxygen atoms in total. The van der Waals surface area contributed by atoms with Gasteiger partial charge in [0, 0.05) is 6.92 Å². The molecule has 17 heavy (non-hydrogen) atoms. The second-order valence-electron chi connectivity index (χ2n) is 3.65. The van der Waals surface area contributed by atoms with Crippen molar-refractivity contribution in [3.63, 3.8) is 0 Å². The lowest BCUT2D eigenvalue weighted by Gasteiger charge is -2.32. The van der Waals surface area contributed by atoms with Crippen LogP contribution in [0.5, 0.6) is 0 Å². The number of halogens is 6. The van der Waals surface area contributed by atoms with Gasteiger partial charge < -0.3 is 4.74 Å². The second-order valence-corrected chi connectivity index (χ2v) is 3.65. The number of alkyl halides is 6. The monoisotopic (exact) mass is 264 g/mol. The summed E-state index contributed by atoms with van der Waals surface area (Å²) in [6.07, 6.45) is -5.47. The van der Waals surface area contributed by atoms with E-state index in [0.717, 1.165) is 0 Å². The quantitative estimate of drug-likeness (QED) is 0.493. The zero-order valence-corrected chi connectivity index (χ0v) is 9.45. The van der Waals surface area contributed by atoms with Crippen molar-refractivity contribution in [2.75, 3.05) is 0 Å². The van der Waals surface area contributed by atoms with E-state index in [0.29, 0.717) is 0 Å². The predicted octanol–water partition coefficient (Wildman–Crippen LogP) is 4.24. The van der Waals surface area contributed by atoms with Gasteiger partial charge in [-0.2, -0.15) is 26.3 Å². The largest absolute Gasteiger partial charge is 0.426 e. The van der Waals surface area contributed by atoms with Crippen molar-refractivity contribution in [1.82, 2.24) is 0 Å². The third-order valence-electron chi connectivity index (χ3n) is 2.12. The Balaban J connectivity index is 4.94. The summed E-state index contributed by atoms with van der Waals surface area (Å²) in [5.41, 5.74) is 0. The summed E-state index contributed by atoms with van der Waals surface area (Å²) in [5, 5.41) is 0. The van der Waals surface area contributed by atoms with E-state index in [4.69, 9.17) is 0 Å². The first kappa shape index (κ1) is 16.3. The van der Waals surface area contributed by atoms with Gasteiger partial charge in [0.05, 0.1) is 6.10 Å². The highest BCUT2D eigenvalue weighted by Crippen LogP contribution is 2.46. The van der Waals surface area contributed by atoms with E-state index < -0.39 is 24.1 Å². The normalized spacial score (nSPS) is 15.8. The van der Waals surface area contributed by atoms with Crippen LogP contribution < -0.4 is 0 Å². The average molecular weight is 264 g/mol. The van der Waals surface area contributed by atoms with E-state index >= 15 is 0 Å². The molecule has 0 radical (unpaired) electrons. The Morgan fingerprint density at radius 1 is 1.18 bits per heavy atom. The van der Waals surface area contributed by atoms with Crippen LogP contribution in [0, 0.1) is 0 Å². The molecule has 0 aromatic heterocycles. The van der Waals surface area contributed by atoms with Crippen LogP contribution in [0.2, 0.25) is 0 Å². The summed E-state index contributed by atoms with van der Waals surface area (Å²) < 4.78 is 80.1. The lowest BCUT2D eigenvalue weighted by molar-refractivity contribution is -0.404. The maximum Gasteiger partial charge on any atom is 0.426 e. The average Bonchev–Trinajstić information content (AvgIpc) is 2.14. The predicted molar refractivity (Wildman–Crippen MR) is 50.5 cm³/mol. The van der Waals surface area contributed by atoms with Crippen molar-refractivity contribution < 1.29 is 31.1 Å². The smallest absolute Gasteiger partial charge is 0.312 e. The fourth-order valence-electron chi connectivity index (χ4n) is 1.02. The Labute approximate surface area is 95.4 Å². The van der Waals surface area contributed by atoms with Gasteiger partial charge >= 0.3 is 18.0 Å². The Hall–Kier alpha value is -0.720. The van der Waals surface area contributed by atoms with Gasteiger partial charge in [0.25, 0.3) is 0 Å². The molecule has 0 bridgehead atoms. The van der Waals surface area contributed by atoms with Crippen molar-refractivity contribution in [3.8, 4) is 0 Å². The summed E-state index contributed by atoms with van der Waals surface area (Å²) in [6.45, 7) is 4.36. The van der Waals surface area contributed by atoms with Crippen molar-refractivity contribution >= 4 is 0 Å². The van der Waals surface area contributed by atoms with E-state index in [2.05, 4.69) is 11.3 Å². The zero-order valence-electron chi connectivity index (χ0n) is 9.45. The fraction of sp³-hybridized carbons (Fsp3) is 0.800. The molecule has 0 amide bonds. The third-order valence-corrected chi connectivity index (χ3v) is 2.12. The first-order valence-electron chi connectivity index (χ1n) is 4.91. The molecule has 0 saturated carbocycles. The molecule has 0 spiro atoms. The molecule has 0 aliphatic rings. The Kier molecular flexibility index (Phi) is 5.06. The Morgan fingerprint density at radius 3 is 1.94 bits per heavy atom. The van der Waals surface area contributed by atoms with Gasteiger partial charge in [-0.15, -0.1) is 6.58 Å². The molecule has 0 heterocycles. The molecular formula is C10H14F6O. The van der Waals surface area contributed by atoms with Crippen molar-refractivity contribution in [2.24, 2.45) is 0 Å². The Morgan fingerprint density at radius 2 is 1.65 bits per heavy atom. The maximum absolute atomic E-state index is 13.0. The summed E-state index contributed by atoms with van der Waals surface area (Å²) in [5.74, 6) is -10.4. The zero-order chi connectivity index (χ0) is 13.9. The highest BCUT2D eigenvalue weighted by molar-refractivity contribution is 4.89. The third kappa shape index (κ3) is 3.62. The van der Waals surface area contributed by atoms with Crippen LogP contribution in [-0.2, 0) is 4.74 Å². The molecule has 102 valence electrons. The second kappa shape index (κ2) is 5.29. The minimum absolute atomic E-state index is 0.0209. The van der Waals surface area contributed by atoms with E-state index in [1.807, 2.05) is 0 Å². The van der Waals surface area contributed by atoms with Gasteiger partial charge in [0.2, 0.25) is 0 Å². The Bertz CT molecular complexity index is 258. The molecule has 7 heteroatoms. The van der Waals surface area contributed by atoms with E-state index in [9.17, 15) is 26.3 Å². The summed E-state index contributed by atoms with van der Waals surface area (Å²) in [6, 6.07) is 0. The minimum atomic E-state index is -5.56. The van der Waals surface area contributed by atoms with Crippen LogP contribution in [0.25, 0.3) is 0 Å². The number of hydrogen-bond donors (Lipinski definition) is 0. The summed E-state index contributed by atoms with van der Waals surface area (Å²) in [4.78, 5) is 0. The number of rotatable bonds is 7. The number of ether oxygens (including phenoxy) is 1. The van der Waals surface area contributed by atoms with Gasteiger partial charge in [0.1, 0.15) is 0 Å². The maximum atomic E-state index is 13.0. The van der Waals surface area contributed by atoms with Crippen molar-refractivity contribution in [1.29, 1.82) is 0 Å².